The number of carbonyl (C=O) groups is 1. The van der Waals surface area contributed by atoms with E-state index in [1.807, 2.05) is 0 Å². The molecule has 2 rings (SSSR count). The summed E-state index contributed by atoms with van der Waals surface area (Å²) in [5.41, 5.74) is 0.923. The minimum atomic E-state index is -0.274. The second-order valence-electron chi connectivity index (χ2n) is 4.01. The number of hydrogen-bond donors (Lipinski definition) is 1. The van der Waals surface area contributed by atoms with Gasteiger partial charge >= 0.3 is 0 Å². The maximum absolute atomic E-state index is 11.8. The summed E-state index contributed by atoms with van der Waals surface area (Å²) >= 11 is 5.74. The van der Waals surface area contributed by atoms with Crippen LogP contribution in [0.1, 0.15) is 16.1 Å². The molecule has 19 heavy (non-hydrogen) atoms. The van der Waals surface area contributed by atoms with Gasteiger partial charge < -0.3 is 5.32 Å². The Bertz CT molecular complexity index is 650. The van der Waals surface area contributed by atoms with E-state index >= 15 is 0 Å². The second-order valence-corrected chi connectivity index (χ2v) is 4.45. The van der Waals surface area contributed by atoms with Gasteiger partial charge in [0.1, 0.15) is 0 Å². The van der Waals surface area contributed by atoms with Crippen molar-refractivity contribution in [2.75, 3.05) is 0 Å². The highest BCUT2D eigenvalue weighted by molar-refractivity contribution is 6.30. The molecule has 1 heterocycles. The summed E-state index contributed by atoms with van der Waals surface area (Å²) in [6.45, 7) is 1.81. The van der Waals surface area contributed by atoms with Crippen LogP contribution in [0.2, 0.25) is 5.02 Å². The summed E-state index contributed by atoms with van der Waals surface area (Å²) in [6.07, 6.45) is 1.40. The lowest BCUT2D eigenvalue weighted by Gasteiger charge is -2.07. The fourth-order valence-electron chi connectivity index (χ4n) is 1.50. The quantitative estimate of drug-likeness (QED) is 0.927. The molecule has 2 aromatic rings. The van der Waals surface area contributed by atoms with Gasteiger partial charge in [0.05, 0.1) is 13.0 Å². The molecule has 0 unspecified atom stereocenters. The van der Waals surface area contributed by atoms with Crippen molar-refractivity contribution in [3.63, 3.8) is 0 Å². The molecule has 0 saturated carbocycles. The highest BCUT2D eigenvalue weighted by Gasteiger charge is 2.05. The molecular formula is C13H12ClN3O2. The fraction of sp³-hybridized carbons (Fsp3) is 0.154. The zero-order valence-corrected chi connectivity index (χ0v) is 11.0. The summed E-state index contributed by atoms with van der Waals surface area (Å²) in [6, 6.07) is 7.92. The van der Waals surface area contributed by atoms with Crippen molar-refractivity contribution in [1.82, 2.24) is 14.9 Å². The Morgan fingerprint density at radius 1 is 1.37 bits per heavy atom. The lowest BCUT2D eigenvalue weighted by Crippen LogP contribution is -2.32. The van der Waals surface area contributed by atoms with Crippen molar-refractivity contribution in [3.05, 3.63) is 63.3 Å². The highest BCUT2D eigenvalue weighted by Crippen LogP contribution is 2.09. The van der Waals surface area contributed by atoms with E-state index < -0.39 is 0 Å². The minimum Gasteiger partial charge on any atom is -0.334 e. The molecule has 1 aromatic carbocycles. The number of nitrogens with one attached hydrogen (secondary N) is 1. The van der Waals surface area contributed by atoms with Gasteiger partial charge in [-0.3, -0.25) is 14.2 Å². The topological polar surface area (TPSA) is 64.0 Å². The van der Waals surface area contributed by atoms with Gasteiger partial charge in [-0.25, -0.2) is 4.98 Å². The molecule has 0 bridgehead atoms. The Balaban J connectivity index is 2.04. The van der Waals surface area contributed by atoms with Crippen molar-refractivity contribution in [2.24, 2.45) is 0 Å². The van der Waals surface area contributed by atoms with Crippen LogP contribution in [-0.2, 0) is 6.67 Å². The molecule has 0 aliphatic carbocycles. The Morgan fingerprint density at radius 2 is 2.05 bits per heavy atom. The molecule has 0 fully saturated rings. The zero-order chi connectivity index (χ0) is 13.8. The molecule has 98 valence electrons. The zero-order valence-electron chi connectivity index (χ0n) is 10.3. The van der Waals surface area contributed by atoms with Crippen LogP contribution in [0.5, 0.6) is 0 Å². The lowest BCUT2D eigenvalue weighted by molar-refractivity contribution is 0.0941. The SMILES string of the molecule is Cc1cc(=O)n(CNC(=O)c2ccc(Cl)cc2)cn1. The van der Waals surface area contributed by atoms with E-state index in [1.165, 1.54) is 17.0 Å². The van der Waals surface area contributed by atoms with E-state index in [-0.39, 0.29) is 18.1 Å². The molecule has 1 amide bonds. The number of rotatable bonds is 3. The van der Waals surface area contributed by atoms with Gasteiger partial charge in [0.15, 0.2) is 0 Å². The molecular weight excluding hydrogens is 266 g/mol. The number of halogens is 1. The molecule has 5 nitrogen and oxygen atoms in total. The van der Waals surface area contributed by atoms with E-state index in [1.54, 1.807) is 31.2 Å². The van der Waals surface area contributed by atoms with Crippen LogP contribution in [0.25, 0.3) is 0 Å². The maximum Gasteiger partial charge on any atom is 0.254 e. The Morgan fingerprint density at radius 3 is 2.68 bits per heavy atom. The van der Waals surface area contributed by atoms with E-state index in [0.717, 1.165) is 0 Å². The number of aromatic nitrogens is 2. The smallest absolute Gasteiger partial charge is 0.254 e. The number of aryl methyl sites for hydroxylation is 1. The molecule has 0 aliphatic heterocycles. The average Bonchev–Trinajstić information content (AvgIpc) is 2.38. The largest absolute Gasteiger partial charge is 0.334 e. The normalized spacial score (nSPS) is 10.2. The van der Waals surface area contributed by atoms with Crippen LogP contribution in [0.15, 0.2) is 41.5 Å². The Hall–Kier alpha value is -2.14. The van der Waals surface area contributed by atoms with Gasteiger partial charge in [-0.1, -0.05) is 11.6 Å². The molecule has 0 saturated heterocycles. The number of hydrogen-bond acceptors (Lipinski definition) is 3. The van der Waals surface area contributed by atoms with Crippen LogP contribution in [0.4, 0.5) is 0 Å². The summed E-state index contributed by atoms with van der Waals surface area (Å²) in [4.78, 5) is 27.4. The van der Waals surface area contributed by atoms with Gasteiger partial charge in [-0.15, -0.1) is 0 Å². The number of amides is 1. The van der Waals surface area contributed by atoms with Gasteiger partial charge in [0.25, 0.3) is 11.5 Å². The van der Waals surface area contributed by atoms with E-state index in [2.05, 4.69) is 10.3 Å². The lowest BCUT2D eigenvalue weighted by atomic mass is 10.2. The first-order valence-electron chi connectivity index (χ1n) is 5.63. The first kappa shape index (κ1) is 13.3. The molecule has 0 spiro atoms. The third-order valence-corrected chi connectivity index (χ3v) is 2.78. The number of benzene rings is 1. The van der Waals surface area contributed by atoms with Crippen molar-refractivity contribution < 1.29 is 4.79 Å². The van der Waals surface area contributed by atoms with Crippen LogP contribution in [-0.4, -0.2) is 15.5 Å². The first-order chi connectivity index (χ1) is 9.06. The molecule has 0 atom stereocenters. The number of carbonyl (C=O) groups excluding carboxylic acids is 1. The van der Waals surface area contributed by atoms with Crippen LogP contribution in [0, 0.1) is 6.92 Å². The first-order valence-corrected chi connectivity index (χ1v) is 6.01. The second kappa shape index (κ2) is 5.67. The van der Waals surface area contributed by atoms with Crippen molar-refractivity contribution in [2.45, 2.75) is 13.6 Å². The fourth-order valence-corrected chi connectivity index (χ4v) is 1.62. The van der Waals surface area contributed by atoms with Gasteiger partial charge in [0.2, 0.25) is 0 Å². The predicted molar refractivity (Wildman–Crippen MR) is 72.2 cm³/mol. The molecule has 0 radical (unpaired) electrons. The Labute approximate surface area is 114 Å². The van der Waals surface area contributed by atoms with Crippen molar-refractivity contribution in [3.8, 4) is 0 Å². The summed E-state index contributed by atoms with van der Waals surface area (Å²) in [5.74, 6) is -0.274. The molecule has 1 N–H and O–H groups in total. The van der Waals surface area contributed by atoms with Crippen LogP contribution < -0.4 is 10.9 Å². The van der Waals surface area contributed by atoms with Crippen LogP contribution in [0.3, 0.4) is 0 Å². The predicted octanol–water partition coefficient (Wildman–Crippen LogP) is 1.59. The molecule has 6 heteroatoms. The highest BCUT2D eigenvalue weighted by atomic mass is 35.5. The Kier molecular flexibility index (Phi) is 3.97. The van der Waals surface area contributed by atoms with E-state index in [9.17, 15) is 9.59 Å². The molecule has 1 aromatic heterocycles. The van der Waals surface area contributed by atoms with Crippen LogP contribution >= 0.6 is 11.6 Å². The number of nitrogens with zero attached hydrogens (tertiary/aromatic N) is 2. The summed E-state index contributed by atoms with van der Waals surface area (Å²) < 4.78 is 1.32. The molecule has 0 aliphatic rings. The minimum absolute atomic E-state index is 0.0770. The van der Waals surface area contributed by atoms with Crippen molar-refractivity contribution in [1.29, 1.82) is 0 Å². The summed E-state index contributed by atoms with van der Waals surface area (Å²) in [5, 5.41) is 3.20. The third-order valence-electron chi connectivity index (χ3n) is 2.53. The summed E-state index contributed by atoms with van der Waals surface area (Å²) in [7, 11) is 0. The third kappa shape index (κ3) is 3.42. The van der Waals surface area contributed by atoms with E-state index in [4.69, 9.17) is 11.6 Å². The maximum atomic E-state index is 11.8. The average molecular weight is 278 g/mol. The monoisotopic (exact) mass is 277 g/mol. The van der Waals surface area contributed by atoms with Gasteiger partial charge in [-0.05, 0) is 31.2 Å². The van der Waals surface area contributed by atoms with E-state index in [0.29, 0.717) is 16.3 Å². The van der Waals surface area contributed by atoms with Gasteiger partial charge in [0, 0.05) is 22.3 Å². The van der Waals surface area contributed by atoms with Gasteiger partial charge in [-0.2, -0.15) is 0 Å². The standard InChI is InChI=1S/C13H12ClN3O2/c1-9-6-12(18)17(7-15-9)8-16-13(19)10-2-4-11(14)5-3-10/h2-7H,8H2,1H3,(H,16,19). The van der Waals surface area contributed by atoms with Crippen molar-refractivity contribution >= 4 is 17.5 Å².